The minimum Gasteiger partial charge on any atom is -0.265 e. The Morgan fingerprint density at radius 3 is 2.58 bits per heavy atom. The highest BCUT2D eigenvalue weighted by atomic mass is 79.9. The predicted molar refractivity (Wildman–Crippen MR) is 82.6 cm³/mol. The quantitative estimate of drug-likeness (QED) is 0.693. The smallest absolute Gasteiger partial charge is 0.0710 e. The van der Waals surface area contributed by atoms with Crippen LogP contribution < -0.4 is 0 Å². The van der Waals surface area contributed by atoms with E-state index in [1.165, 1.54) is 0 Å². The first kappa shape index (κ1) is 12.1. The molecule has 0 N–H and O–H groups in total. The summed E-state index contributed by atoms with van der Waals surface area (Å²) in [4.78, 5) is 8.60. The second-order valence-corrected chi connectivity index (χ2v) is 5.10. The largest absolute Gasteiger partial charge is 0.265 e. The van der Waals surface area contributed by atoms with Crippen molar-refractivity contribution < 1.29 is 0 Å². The van der Waals surface area contributed by atoms with Crippen molar-refractivity contribution in [2.75, 3.05) is 0 Å². The van der Waals surface area contributed by atoms with Gasteiger partial charge in [0.25, 0.3) is 0 Å². The standard InChI is InChI=1S/C16H11BrN2/c17-14-3-6-16-13(11-14)2-5-15(19-16)4-1-12-7-9-18-10-8-12/h1-11H/b4-1+. The SMILES string of the molecule is Brc1ccc2nc(/C=C/c3ccncc3)ccc2c1. The van der Waals surface area contributed by atoms with E-state index in [1.54, 1.807) is 12.4 Å². The van der Waals surface area contributed by atoms with Crippen molar-refractivity contribution in [3.63, 3.8) is 0 Å². The number of rotatable bonds is 2. The number of fused-ring (bicyclic) bond motifs is 1. The molecule has 3 rings (SSSR count). The fourth-order valence-corrected chi connectivity index (χ4v) is 2.24. The Morgan fingerprint density at radius 1 is 0.895 bits per heavy atom. The third-order valence-corrected chi connectivity index (χ3v) is 3.32. The number of hydrogen-bond acceptors (Lipinski definition) is 2. The van der Waals surface area contributed by atoms with E-state index in [2.05, 4.69) is 38.0 Å². The summed E-state index contributed by atoms with van der Waals surface area (Å²) in [7, 11) is 0. The first-order valence-corrected chi connectivity index (χ1v) is 6.75. The Labute approximate surface area is 120 Å². The molecule has 0 aliphatic heterocycles. The van der Waals surface area contributed by atoms with Crippen LogP contribution in [0.4, 0.5) is 0 Å². The van der Waals surface area contributed by atoms with Crippen LogP contribution in [-0.4, -0.2) is 9.97 Å². The summed E-state index contributed by atoms with van der Waals surface area (Å²) in [5.41, 5.74) is 3.07. The van der Waals surface area contributed by atoms with Gasteiger partial charge in [-0.05, 0) is 48.0 Å². The molecule has 0 atom stereocenters. The van der Waals surface area contributed by atoms with Crippen molar-refractivity contribution in [3.05, 3.63) is 70.6 Å². The summed E-state index contributed by atoms with van der Waals surface area (Å²) in [5.74, 6) is 0. The number of hydrogen-bond donors (Lipinski definition) is 0. The average molecular weight is 311 g/mol. The van der Waals surface area contributed by atoms with Crippen LogP contribution in [0.1, 0.15) is 11.3 Å². The van der Waals surface area contributed by atoms with E-state index < -0.39 is 0 Å². The van der Waals surface area contributed by atoms with E-state index in [0.717, 1.165) is 26.6 Å². The van der Waals surface area contributed by atoms with Crippen molar-refractivity contribution in [2.45, 2.75) is 0 Å². The summed E-state index contributed by atoms with van der Waals surface area (Å²) >= 11 is 3.46. The van der Waals surface area contributed by atoms with E-state index in [1.807, 2.05) is 42.5 Å². The van der Waals surface area contributed by atoms with Gasteiger partial charge < -0.3 is 0 Å². The van der Waals surface area contributed by atoms with Gasteiger partial charge >= 0.3 is 0 Å². The zero-order valence-corrected chi connectivity index (χ0v) is 11.7. The highest BCUT2D eigenvalue weighted by Crippen LogP contribution is 2.19. The Bertz CT molecular complexity index is 736. The molecule has 0 spiro atoms. The van der Waals surface area contributed by atoms with E-state index in [-0.39, 0.29) is 0 Å². The maximum Gasteiger partial charge on any atom is 0.0710 e. The number of pyridine rings is 2. The molecule has 0 radical (unpaired) electrons. The van der Waals surface area contributed by atoms with E-state index in [0.29, 0.717) is 0 Å². The van der Waals surface area contributed by atoms with Crippen molar-refractivity contribution in [1.82, 2.24) is 9.97 Å². The summed E-state index contributed by atoms with van der Waals surface area (Å²) in [6.45, 7) is 0. The lowest BCUT2D eigenvalue weighted by atomic mass is 10.2. The molecule has 0 bridgehead atoms. The maximum atomic E-state index is 4.61. The molecule has 19 heavy (non-hydrogen) atoms. The molecule has 0 saturated heterocycles. The molecular formula is C16H11BrN2. The Morgan fingerprint density at radius 2 is 1.74 bits per heavy atom. The third kappa shape index (κ3) is 2.88. The number of aromatic nitrogens is 2. The van der Waals surface area contributed by atoms with E-state index >= 15 is 0 Å². The second kappa shape index (κ2) is 5.33. The molecular weight excluding hydrogens is 300 g/mol. The molecule has 0 aliphatic carbocycles. The van der Waals surface area contributed by atoms with Crippen LogP contribution in [-0.2, 0) is 0 Å². The van der Waals surface area contributed by atoms with Crippen LogP contribution in [0.5, 0.6) is 0 Å². The molecule has 3 heteroatoms. The van der Waals surface area contributed by atoms with Crippen LogP contribution in [0, 0.1) is 0 Å². The zero-order valence-electron chi connectivity index (χ0n) is 10.1. The molecule has 1 aromatic carbocycles. The Hall–Kier alpha value is -2.00. The van der Waals surface area contributed by atoms with Crippen molar-refractivity contribution >= 4 is 39.0 Å². The van der Waals surface area contributed by atoms with Crippen LogP contribution in [0.2, 0.25) is 0 Å². The van der Waals surface area contributed by atoms with Gasteiger partial charge in [-0.25, -0.2) is 4.98 Å². The second-order valence-electron chi connectivity index (χ2n) is 4.19. The van der Waals surface area contributed by atoms with Crippen LogP contribution in [0.15, 0.2) is 59.3 Å². The monoisotopic (exact) mass is 310 g/mol. The summed E-state index contributed by atoms with van der Waals surface area (Å²) in [6, 6.07) is 14.1. The van der Waals surface area contributed by atoms with Gasteiger partial charge in [-0.3, -0.25) is 4.98 Å². The molecule has 2 nitrogen and oxygen atoms in total. The molecule has 0 amide bonds. The predicted octanol–water partition coefficient (Wildman–Crippen LogP) is 4.56. The van der Waals surface area contributed by atoms with Gasteiger partial charge in [-0.1, -0.05) is 28.1 Å². The van der Waals surface area contributed by atoms with Crippen molar-refractivity contribution in [1.29, 1.82) is 0 Å². The average Bonchev–Trinajstić information content (AvgIpc) is 2.46. The zero-order chi connectivity index (χ0) is 13.1. The number of halogens is 1. The van der Waals surface area contributed by atoms with Crippen LogP contribution >= 0.6 is 15.9 Å². The maximum absolute atomic E-state index is 4.61. The lowest BCUT2D eigenvalue weighted by Gasteiger charge is -2.00. The molecule has 0 aliphatic rings. The van der Waals surface area contributed by atoms with Gasteiger partial charge in [-0.15, -0.1) is 0 Å². The minimum atomic E-state index is 0.951. The topological polar surface area (TPSA) is 25.8 Å². The van der Waals surface area contributed by atoms with Gasteiger partial charge in [0.1, 0.15) is 0 Å². The van der Waals surface area contributed by atoms with Crippen molar-refractivity contribution in [2.24, 2.45) is 0 Å². The highest BCUT2D eigenvalue weighted by Gasteiger charge is 1.97. The third-order valence-electron chi connectivity index (χ3n) is 2.83. The molecule has 92 valence electrons. The van der Waals surface area contributed by atoms with Gasteiger partial charge in [0.15, 0.2) is 0 Å². The summed E-state index contributed by atoms with van der Waals surface area (Å²) < 4.78 is 1.07. The van der Waals surface area contributed by atoms with Crippen LogP contribution in [0.25, 0.3) is 23.1 Å². The van der Waals surface area contributed by atoms with Gasteiger partial charge in [0.05, 0.1) is 11.2 Å². The number of nitrogens with zero attached hydrogens (tertiary/aromatic N) is 2. The Balaban J connectivity index is 1.94. The number of benzene rings is 1. The molecule has 2 heterocycles. The Kier molecular flexibility index (Phi) is 3.38. The van der Waals surface area contributed by atoms with E-state index in [4.69, 9.17) is 0 Å². The molecule has 0 unspecified atom stereocenters. The minimum absolute atomic E-state index is 0.951. The lowest BCUT2D eigenvalue weighted by molar-refractivity contribution is 1.32. The van der Waals surface area contributed by atoms with E-state index in [9.17, 15) is 0 Å². The molecule has 0 fully saturated rings. The van der Waals surface area contributed by atoms with Gasteiger partial charge in [0, 0.05) is 22.3 Å². The highest BCUT2D eigenvalue weighted by molar-refractivity contribution is 9.10. The fourth-order valence-electron chi connectivity index (χ4n) is 1.86. The molecule has 3 aromatic rings. The fraction of sp³-hybridized carbons (Fsp3) is 0. The van der Waals surface area contributed by atoms with Gasteiger partial charge in [0.2, 0.25) is 0 Å². The lowest BCUT2D eigenvalue weighted by Crippen LogP contribution is -1.83. The molecule has 2 aromatic heterocycles. The molecule has 0 saturated carbocycles. The van der Waals surface area contributed by atoms with Crippen LogP contribution in [0.3, 0.4) is 0 Å². The normalized spacial score (nSPS) is 11.2. The van der Waals surface area contributed by atoms with Gasteiger partial charge in [-0.2, -0.15) is 0 Å². The summed E-state index contributed by atoms with van der Waals surface area (Å²) in [5, 5.41) is 1.13. The summed E-state index contributed by atoms with van der Waals surface area (Å²) in [6.07, 6.45) is 7.61. The first-order chi connectivity index (χ1) is 9.31. The van der Waals surface area contributed by atoms with Crippen molar-refractivity contribution in [3.8, 4) is 0 Å². The first-order valence-electron chi connectivity index (χ1n) is 5.96.